The fourth-order valence-corrected chi connectivity index (χ4v) is 2.78. The molecule has 1 unspecified atom stereocenters. The van der Waals surface area contributed by atoms with E-state index in [0.29, 0.717) is 18.2 Å². The lowest BCUT2D eigenvalue weighted by Crippen LogP contribution is -2.32. The standard InChI is InChI=1S/C16H17N3O2/c20-16(14-9-13(18-19-14)10-5-6-10)17-12-7-8-21-15-4-2-1-3-11(12)15/h1-4,9-10,12H,5-8H2,(H,17,20)(H,18,19). The molecular weight excluding hydrogens is 266 g/mol. The number of para-hydroxylation sites is 1. The zero-order valence-electron chi connectivity index (χ0n) is 11.6. The molecule has 0 saturated heterocycles. The highest BCUT2D eigenvalue weighted by Gasteiger charge is 2.28. The van der Waals surface area contributed by atoms with Crippen molar-refractivity contribution in [1.29, 1.82) is 0 Å². The molecule has 2 aliphatic rings. The Balaban J connectivity index is 1.51. The van der Waals surface area contributed by atoms with Crippen LogP contribution in [0.1, 0.15) is 53.0 Å². The Morgan fingerprint density at radius 1 is 1.29 bits per heavy atom. The number of amides is 1. The van der Waals surface area contributed by atoms with Crippen LogP contribution in [0, 0.1) is 0 Å². The van der Waals surface area contributed by atoms with Crippen molar-refractivity contribution in [2.24, 2.45) is 0 Å². The average Bonchev–Trinajstić information content (AvgIpc) is 3.25. The van der Waals surface area contributed by atoms with Crippen molar-refractivity contribution in [2.45, 2.75) is 31.2 Å². The Labute approximate surface area is 122 Å². The number of aromatic nitrogens is 2. The van der Waals surface area contributed by atoms with Crippen LogP contribution in [0.4, 0.5) is 0 Å². The van der Waals surface area contributed by atoms with E-state index in [0.717, 1.165) is 23.4 Å². The van der Waals surface area contributed by atoms with E-state index in [2.05, 4.69) is 15.5 Å². The smallest absolute Gasteiger partial charge is 0.272 e. The molecule has 0 bridgehead atoms. The highest BCUT2D eigenvalue weighted by atomic mass is 16.5. The molecule has 2 aromatic rings. The minimum Gasteiger partial charge on any atom is -0.493 e. The molecule has 2 heterocycles. The number of carbonyl (C=O) groups excluding carboxylic acids is 1. The Hall–Kier alpha value is -2.30. The van der Waals surface area contributed by atoms with Gasteiger partial charge in [0.1, 0.15) is 11.4 Å². The van der Waals surface area contributed by atoms with E-state index in [1.807, 2.05) is 30.3 Å². The molecule has 2 N–H and O–H groups in total. The summed E-state index contributed by atoms with van der Waals surface area (Å²) in [5, 5.41) is 10.2. The SMILES string of the molecule is O=C(NC1CCOc2ccccc21)c1cc(C2CC2)[nH]n1. The Morgan fingerprint density at radius 2 is 2.14 bits per heavy atom. The molecule has 1 aromatic heterocycles. The highest BCUT2D eigenvalue weighted by molar-refractivity contribution is 5.92. The second-order valence-corrected chi connectivity index (χ2v) is 5.68. The quantitative estimate of drug-likeness (QED) is 0.909. The number of hydrogen-bond donors (Lipinski definition) is 2. The maximum absolute atomic E-state index is 12.3. The number of nitrogens with one attached hydrogen (secondary N) is 2. The van der Waals surface area contributed by atoms with Crippen LogP contribution < -0.4 is 10.1 Å². The second-order valence-electron chi connectivity index (χ2n) is 5.68. The number of nitrogens with zero attached hydrogens (tertiary/aromatic N) is 1. The van der Waals surface area contributed by atoms with Crippen LogP contribution in [-0.4, -0.2) is 22.7 Å². The van der Waals surface area contributed by atoms with Crippen molar-refractivity contribution in [2.75, 3.05) is 6.61 Å². The monoisotopic (exact) mass is 283 g/mol. The van der Waals surface area contributed by atoms with Crippen molar-refractivity contribution in [3.8, 4) is 5.75 Å². The third kappa shape index (κ3) is 2.39. The molecule has 0 spiro atoms. The number of fused-ring (bicyclic) bond motifs is 1. The van der Waals surface area contributed by atoms with Crippen molar-refractivity contribution in [3.63, 3.8) is 0 Å². The number of aromatic amines is 1. The van der Waals surface area contributed by atoms with Crippen molar-refractivity contribution in [1.82, 2.24) is 15.5 Å². The summed E-state index contributed by atoms with van der Waals surface area (Å²) in [6, 6.07) is 9.71. The van der Waals surface area contributed by atoms with E-state index in [-0.39, 0.29) is 11.9 Å². The molecule has 108 valence electrons. The zero-order chi connectivity index (χ0) is 14.2. The predicted molar refractivity (Wildman–Crippen MR) is 77.3 cm³/mol. The minimum absolute atomic E-state index is 0.0106. The van der Waals surface area contributed by atoms with Crippen LogP contribution in [0.25, 0.3) is 0 Å². The van der Waals surface area contributed by atoms with Gasteiger partial charge in [-0.15, -0.1) is 0 Å². The summed E-state index contributed by atoms with van der Waals surface area (Å²) in [6.45, 7) is 0.621. The number of benzene rings is 1. The third-order valence-electron chi connectivity index (χ3n) is 4.11. The third-order valence-corrected chi connectivity index (χ3v) is 4.11. The fourth-order valence-electron chi connectivity index (χ4n) is 2.78. The number of H-pyrrole nitrogens is 1. The van der Waals surface area contributed by atoms with Gasteiger partial charge in [0, 0.05) is 23.6 Å². The van der Waals surface area contributed by atoms with Crippen LogP contribution in [0.5, 0.6) is 5.75 Å². The maximum Gasteiger partial charge on any atom is 0.272 e. The van der Waals surface area contributed by atoms with Crippen LogP contribution in [0.3, 0.4) is 0 Å². The van der Waals surface area contributed by atoms with Crippen LogP contribution in [-0.2, 0) is 0 Å². The van der Waals surface area contributed by atoms with Gasteiger partial charge in [-0.1, -0.05) is 18.2 Å². The summed E-state index contributed by atoms with van der Waals surface area (Å²) in [6.07, 6.45) is 3.16. The largest absolute Gasteiger partial charge is 0.493 e. The molecule has 1 aliphatic carbocycles. The Kier molecular flexibility index (Phi) is 2.91. The topological polar surface area (TPSA) is 67.0 Å². The molecule has 1 atom stereocenters. The molecule has 1 saturated carbocycles. The zero-order valence-corrected chi connectivity index (χ0v) is 11.6. The molecule has 5 heteroatoms. The van der Waals surface area contributed by atoms with E-state index in [1.165, 1.54) is 12.8 Å². The first-order valence-electron chi connectivity index (χ1n) is 7.39. The highest BCUT2D eigenvalue weighted by Crippen LogP contribution is 2.39. The molecule has 1 aliphatic heterocycles. The summed E-state index contributed by atoms with van der Waals surface area (Å²) in [7, 11) is 0. The first kappa shape index (κ1) is 12.4. The van der Waals surface area contributed by atoms with Gasteiger partial charge in [-0.2, -0.15) is 5.10 Å². The van der Waals surface area contributed by atoms with E-state index in [4.69, 9.17) is 4.74 Å². The lowest BCUT2D eigenvalue weighted by atomic mass is 10.0. The second kappa shape index (κ2) is 4.91. The molecule has 5 nitrogen and oxygen atoms in total. The first-order chi connectivity index (χ1) is 10.3. The van der Waals surface area contributed by atoms with Gasteiger partial charge in [0.15, 0.2) is 0 Å². The van der Waals surface area contributed by atoms with Gasteiger partial charge in [0.05, 0.1) is 12.6 Å². The number of carbonyl (C=O) groups is 1. The van der Waals surface area contributed by atoms with E-state index in [1.54, 1.807) is 0 Å². The number of hydrogen-bond acceptors (Lipinski definition) is 3. The van der Waals surface area contributed by atoms with Crippen molar-refractivity contribution in [3.05, 3.63) is 47.3 Å². The summed E-state index contributed by atoms with van der Waals surface area (Å²) in [5.74, 6) is 1.30. The molecule has 0 radical (unpaired) electrons. The van der Waals surface area contributed by atoms with Crippen LogP contribution in [0.15, 0.2) is 30.3 Å². The molecule has 1 amide bonds. The number of ether oxygens (including phenoxy) is 1. The first-order valence-corrected chi connectivity index (χ1v) is 7.39. The summed E-state index contributed by atoms with van der Waals surface area (Å²) < 4.78 is 5.61. The van der Waals surface area contributed by atoms with Gasteiger partial charge in [-0.3, -0.25) is 9.89 Å². The van der Waals surface area contributed by atoms with Gasteiger partial charge >= 0.3 is 0 Å². The molecule has 4 rings (SSSR count). The Bertz CT molecular complexity index is 676. The summed E-state index contributed by atoms with van der Waals surface area (Å²) in [4.78, 5) is 12.3. The van der Waals surface area contributed by atoms with Gasteiger partial charge in [0.25, 0.3) is 5.91 Å². The molecule has 1 aromatic carbocycles. The summed E-state index contributed by atoms with van der Waals surface area (Å²) >= 11 is 0. The van der Waals surface area contributed by atoms with Gasteiger partial charge in [0.2, 0.25) is 0 Å². The predicted octanol–water partition coefficient (Wildman–Crippen LogP) is 2.54. The van der Waals surface area contributed by atoms with Crippen molar-refractivity contribution >= 4 is 5.91 Å². The maximum atomic E-state index is 12.3. The summed E-state index contributed by atoms with van der Waals surface area (Å²) in [5.41, 5.74) is 2.59. The van der Waals surface area contributed by atoms with Gasteiger partial charge in [-0.05, 0) is 25.0 Å². The van der Waals surface area contributed by atoms with E-state index >= 15 is 0 Å². The fraction of sp³-hybridized carbons (Fsp3) is 0.375. The lowest BCUT2D eigenvalue weighted by Gasteiger charge is -2.26. The lowest BCUT2D eigenvalue weighted by molar-refractivity contribution is 0.0919. The van der Waals surface area contributed by atoms with Gasteiger partial charge in [-0.25, -0.2) is 0 Å². The molecule has 21 heavy (non-hydrogen) atoms. The van der Waals surface area contributed by atoms with Gasteiger partial charge < -0.3 is 10.1 Å². The normalized spacial score (nSPS) is 20.5. The van der Waals surface area contributed by atoms with Crippen molar-refractivity contribution < 1.29 is 9.53 Å². The number of rotatable bonds is 3. The van der Waals surface area contributed by atoms with Crippen LogP contribution in [0.2, 0.25) is 0 Å². The molecule has 1 fully saturated rings. The minimum atomic E-state index is -0.125. The van der Waals surface area contributed by atoms with Crippen LogP contribution >= 0.6 is 0 Å². The van der Waals surface area contributed by atoms with E-state index in [9.17, 15) is 4.79 Å². The van der Waals surface area contributed by atoms with E-state index < -0.39 is 0 Å². The molecular formula is C16H17N3O2. The Morgan fingerprint density at radius 3 is 3.00 bits per heavy atom. The average molecular weight is 283 g/mol.